The van der Waals surface area contributed by atoms with Crippen LogP contribution in [0.25, 0.3) is 0 Å². The van der Waals surface area contributed by atoms with Crippen molar-refractivity contribution < 1.29 is 4.74 Å². The van der Waals surface area contributed by atoms with Crippen LogP contribution in [-0.4, -0.2) is 42.7 Å². The Hall–Kier alpha value is -1.13. The molecule has 0 aromatic carbocycles. The third kappa shape index (κ3) is 4.46. The zero-order valence-electron chi connectivity index (χ0n) is 13.0. The summed E-state index contributed by atoms with van der Waals surface area (Å²) in [5.74, 6) is 0.887. The van der Waals surface area contributed by atoms with Crippen LogP contribution in [0.5, 0.6) is 5.75 Å². The summed E-state index contributed by atoms with van der Waals surface area (Å²) in [7, 11) is 1.70. The summed E-state index contributed by atoms with van der Waals surface area (Å²) in [6, 6.07) is 4.56. The Kier molecular flexibility index (Phi) is 5.80. The van der Waals surface area contributed by atoms with Gasteiger partial charge in [0, 0.05) is 37.0 Å². The maximum atomic E-state index is 5.28. The molecule has 1 fully saturated rings. The molecular formula is C16H27N3O. The van der Waals surface area contributed by atoms with Crippen molar-refractivity contribution in [3.63, 3.8) is 0 Å². The minimum absolute atomic E-state index is 0.599. The molecule has 4 nitrogen and oxygen atoms in total. The van der Waals surface area contributed by atoms with Gasteiger partial charge in [-0.05, 0) is 39.8 Å². The van der Waals surface area contributed by atoms with E-state index in [0.717, 1.165) is 30.2 Å². The van der Waals surface area contributed by atoms with E-state index in [1.807, 2.05) is 19.1 Å². The number of methoxy groups -OCH3 is 1. The highest BCUT2D eigenvalue weighted by Crippen LogP contribution is 2.14. The first-order valence-electron chi connectivity index (χ1n) is 7.65. The molecule has 1 atom stereocenters. The quantitative estimate of drug-likeness (QED) is 0.866. The van der Waals surface area contributed by atoms with Crippen LogP contribution in [0.3, 0.4) is 0 Å². The molecule has 2 rings (SSSR count). The van der Waals surface area contributed by atoms with Crippen molar-refractivity contribution in [2.24, 2.45) is 0 Å². The predicted molar refractivity (Wildman–Crippen MR) is 82.1 cm³/mol. The second-order valence-electron chi connectivity index (χ2n) is 5.72. The van der Waals surface area contributed by atoms with Gasteiger partial charge in [0.2, 0.25) is 0 Å². The van der Waals surface area contributed by atoms with Gasteiger partial charge in [-0.25, -0.2) is 0 Å². The van der Waals surface area contributed by atoms with E-state index in [-0.39, 0.29) is 0 Å². The number of nitrogens with one attached hydrogen (secondary N) is 1. The van der Waals surface area contributed by atoms with E-state index in [1.54, 1.807) is 7.11 Å². The van der Waals surface area contributed by atoms with Crippen LogP contribution >= 0.6 is 0 Å². The fourth-order valence-corrected chi connectivity index (χ4v) is 2.81. The lowest BCUT2D eigenvalue weighted by Crippen LogP contribution is -2.43. The average molecular weight is 277 g/mol. The Morgan fingerprint density at radius 1 is 1.30 bits per heavy atom. The molecule has 0 spiro atoms. The van der Waals surface area contributed by atoms with Gasteiger partial charge in [0.1, 0.15) is 5.75 Å². The summed E-state index contributed by atoms with van der Waals surface area (Å²) >= 11 is 0. The molecule has 1 saturated heterocycles. The number of piperidine rings is 1. The lowest BCUT2D eigenvalue weighted by molar-refractivity contribution is 0.170. The van der Waals surface area contributed by atoms with Gasteiger partial charge in [-0.2, -0.15) is 0 Å². The first kappa shape index (κ1) is 15.3. The van der Waals surface area contributed by atoms with Crippen LogP contribution in [-0.2, 0) is 6.54 Å². The Balaban J connectivity index is 1.78. The van der Waals surface area contributed by atoms with Gasteiger partial charge in [0.15, 0.2) is 0 Å². The van der Waals surface area contributed by atoms with Crippen molar-refractivity contribution in [2.45, 2.75) is 45.7 Å². The summed E-state index contributed by atoms with van der Waals surface area (Å²) in [4.78, 5) is 7.12. The van der Waals surface area contributed by atoms with E-state index >= 15 is 0 Å². The molecule has 0 radical (unpaired) electrons. The second-order valence-corrected chi connectivity index (χ2v) is 5.72. The molecule has 1 aromatic heterocycles. The molecule has 4 heteroatoms. The largest absolute Gasteiger partial charge is 0.497 e. The first-order chi connectivity index (χ1) is 9.69. The molecule has 1 unspecified atom stereocenters. The number of rotatable bonds is 6. The van der Waals surface area contributed by atoms with Crippen molar-refractivity contribution in [2.75, 3.05) is 26.7 Å². The van der Waals surface area contributed by atoms with E-state index in [0.29, 0.717) is 6.04 Å². The third-order valence-corrected chi connectivity index (χ3v) is 3.98. The summed E-state index contributed by atoms with van der Waals surface area (Å²) in [6.45, 7) is 8.62. The predicted octanol–water partition coefficient (Wildman–Crippen LogP) is 2.36. The van der Waals surface area contributed by atoms with Crippen molar-refractivity contribution in [1.82, 2.24) is 15.2 Å². The van der Waals surface area contributed by atoms with Crippen LogP contribution in [0, 0.1) is 6.92 Å². The van der Waals surface area contributed by atoms with Crippen LogP contribution in [0.1, 0.15) is 37.6 Å². The van der Waals surface area contributed by atoms with Gasteiger partial charge in [0.05, 0.1) is 12.8 Å². The third-order valence-electron chi connectivity index (χ3n) is 3.98. The Morgan fingerprint density at radius 3 is 2.75 bits per heavy atom. The topological polar surface area (TPSA) is 37.4 Å². The first-order valence-corrected chi connectivity index (χ1v) is 7.65. The SMILES string of the molecule is COc1cc(C)nc(CNCC(C)N2CCCCC2)c1. The monoisotopic (exact) mass is 277 g/mol. The summed E-state index contributed by atoms with van der Waals surface area (Å²) in [5.41, 5.74) is 2.05. The minimum atomic E-state index is 0.599. The number of ether oxygens (including phenoxy) is 1. The lowest BCUT2D eigenvalue weighted by atomic mass is 10.1. The Bertz CT molecular complexity index is 416. The van der Waals surface area contributed by atoms with Gasteiger partial charge in [-0.15, -0.1) is 0 Å². The van der Waals surface area contributed by atoms with Gasteiger partial charge >= 0.3 is 0 Å². The highest BCUT2D eigenvalue weighted by atomic mass is 16.5. The number of aryl methyl sites for hydroxylation is 1. The molecular weight excluding hydrogens is 250 g/mol. The zero-order valence-corrected chi connectivity index (χ0v) is 13.0. The molecule has 1 N–H and O–H groups in total. The van der Waals surface area contributed by atoms with E-state index in [4.69, 9.17) is 4.74 Å². The minimum Gasteiger partial charge on any atom is -0.497 e. The number of pyridine rings is 1. The molecule has 0 saturated carbocycles. The van der Waals surface area contributed by atoms with E-state index in [1.165, 1.54) is 32.4 Å². The maximum absolute atomic E-state index is 5.28. The van der Waals surface area contributed by atoms with Crippen molar-refractivity contribution >= 4 is 0 Å². The van der Waals surface area contributed by atoms with E-state index in [9.17, 15) is 0 Å². The zero-order chi connectivity index (χ0) is 14.4. The summed E-state index contributed by atoms with van der Waals surface area (Å²) < 4.78 is 5.28. The smallest absolute Gasteiger partial charge is 0.122 e. The van der Waals surface area contributed by atoms with Crippen molar-refractivity contribution in [3.8, 4) is 5.75 Å². The molecule has 112 valence electrons. The fraction of sp³-hybridized carbons (Fsp3) is 0.688. The van der Waals surface area contributed by atoms with Crippen LogP contribution < -0.4 is 10.1 Å². The number of hydrogen-bond donors (Lipinski definition) is 1. The van der Waals surface area contributed by atoms with Gasteiger partial charge in [-0.1, -0.05) is 6.42 Å². The van der Waals surface area contributed by atoms with Gasteiger partial charge in [-0.3, -0.25) is 9.88 Å². The van der Waals surface area contributed by atoms with E-state index in [2.05, 4.69) is 22.1 Å². The molecule has 0 aliphatic carbocycles. The van der Waals surface area contributed by atoms with Crippen molar-refractivity contribution in [1.29, 1.82) is 0 Å². The highest BCUT2D eigenvalue weighted by Gasteiger charge is 2.16. The number of aromatic nitrogens is 1. The number of hydrogen-bond acceptors (Lipinski definition) is 4. The lowest BCUT2D eigenvalue weighted by Gasteiger charge is -2.32. The average Bonchev–Trinajstić information content (AvgIpc) is 2.47. The maximum Gasteiger partial charge on any atom is 0.122 e. The Labute approximate surface area is 122 Å². The molecule has 20 heavy (non-hydrogen) atoms. The van der Waals surface area contributed by atoms with Gasteiger partial charge in [0.25, 0.3) is 0 Å². The number of nitrogens with zero attached hydrogens (tertiary/aromatic N) is 2. The summed E-state index contributed by atoms with van der Waals surface area (Å²) in [6.07, 6.45) is 4.09. The van der Waals surface area contributed by atoms with Crippen LogP contribution in [0.4, 0.5) is 0 Å². The molecule has 0 bridgehead atoms. The number of likely N-dealkylation sites (tertiary alicyclic amines) is 1. The van der Waals surface area contributed by atoms with Crippen molar-refractivity contribution in [3.05, 3.63) is 23.5 Å². The fourth-order valence-electron chi connectivity index (χ4n) is 2.81. The van der Waals surface area contributed by atoms with Gasteiger partial charge < -0.3 is 10.1 Å². The second kappa shape index (κ2) is 7.60. The van der Waals surface area contributed by atoms with Crippen LogP contribution in [0.15, 0.2) is 12.1 Å². The van der Waals surface area contributed by atoms with E-state index < -0.39 is 0 Å². The normalized spacial score (nSPS) is 17.9. The highest BCUT2D eigenvalue weighted by molar-refractivity contribution is 5.26. The summed E-state index contributed by atoms with van der Waals surface area (Å²) in [5, 5.41) is 3.52. The molecule has 1 aromatic rings. The Morgan fingerprint density at radius 2 is 2.05 bits per heavy atom. The van der Waals surface area contributed by atoms with Crippen LogP contribution in [0.2, 0.25) is 0 Å². The molecule has 1 aliphatic rings. The molecule has 0 amide bonds. The molecule has 1 aliphatic heterocycles. The standard InChI is InChI=1S/C16H27N3O/c1-13-9-16(20-3)10-15(18-13)12-17-11-14(2)19-7-5-4-6-8-19/h9-10,14,17H,4-8,11-12H2,1-3H3. The molecule has 2 heterocycles.